The van der Waals surface area contributed by atoms with Gasteiger partial charge in [-0.2, -0.15) is 0 Å². The summed E-state index contributed by atoms with van der Waals surface area (Å²) in [7, 11) is -3.74. The SMILES string of the molecule is Cc1ccc(S(=O)(=O)NCC(C)(C)CO)cc1F. The predicted molar refractivity (Wildman–Crippen MR) is 67.2 cm³/mol. The molecule has 1 aromatic rings. The lowest BCUT2D eigenvalue weighted by Gasteiger charge is -2.21. The fourth-order valence-corrected chi connectivity index (χ4v) is 2.42. The molecule has 102 valence electrons. The average Bonchev–Trinajstić information content (AvgIpc) is 2.30. The maximum absolute atomic E-state index is 13.3. The summed E-state index contributed by atoms with van der Waals surface area (Å²) in [5.74, 6) is -0.556. The first-order chi connectivity index (χ1) is 8.18. The van der Waals surface area contributed by atoms with Crippen LogP contribution in [-0.4, -0.2) is 26.7 Å². The zero-order valence-corrected chi connectivity index (χ0v) is 11.5. The number of halogens is 1. The fourth-order valence-electron chi connectivity index (χ4n) is 1.17. The minimum Gasteiger partial charge on any atom is -0.396 e. The highest BCUT2D eigenvalue weighted by Crippen LogP contribution is 2.16. The van der Waals surface area contributed by atoms with Gasteiger partial charge in [0.05, 0.1) is 4.90 Å². The van der Waals surface area contributed by atoms with E-state index in [2.05, 4.69) is 4.72 Å². The minimum atomic E-state index is -3.74. The van der Waals surface area contributed by atoms with Crippen molar-refractivity contribution < 1.29 is 17.9 Å². The average molecular weight is 275 g/mol. The Labute approximate surface area is 107 Å². The van der Waals surface area contributed by atoms with Crippen molar-refractivity contribution in [2.24, 2.45) is 5.41 Å². The second-order valence-corrected chi connectivity index (χ2v) is 6.82. The molecule has 0 unspecified atom stereocenters. The van der Waals surface area contributed by atoms with Gasteiger partial charge >= 0.3 is 0 Å². The molecule has 0 saturated heterocycles. The third-order valence-corrected chi connectivity index (χ3v) is 4.02. The van der Waals surface area contributed by atoms with E-state index in [4.69, 9.17) is 5.11 Å². The van der Waals surface area contributed by atoms with Crippen molar-refractivity contribution in [3.63, 3.8) is 0 Å². The summed E-state index contributed by atoms with van der Waals surface area (Å²) in [5.41, 5.74) is -0.166. The molecule has 0 aliphatic carbocycles. The fraction of sp³-hybridized carbons (Fsp3) is 0.500. The summed E-state index contributed by atoms with van der Waals surface area (Å²) in [4.78, 5) is -0.112. The van der Waals surface area contributed by atoms with E-state index in [-0.39, 0.29) is 18.0 Å². The van der Waals surface area contributed by atoms with Gasteiger partial charge in [-0.15, -0.1) is 0 Å². The predicted octanol–water partition coefficient (Wildman–Crippen LogP) is 1.43. The van der Waals surface area contributed by atoms with Crippen molar-refractivity contribution in [2.75, 3.05) is 13.2 Å². The van der Waals surface area contributed by atoms with Crippen LogP contribution in [0.1, 0.15) is 19.4 Å². The van der Waals surface area contributed by atoms with Crippen molar-refractivity contribution in [3.05, 3.63) is 29.6 Å². The van der Waals surface area contributed by atoms with Crippen molar-refractivity contribution >= 4 is 10.0 Å². The maximum atomic E-state index is 13.3. The highest BCUT2D eigenvalue weighted by molar-refractivity contribution is 7.89. The van der Waals surface area contributed by atoms with E-state index in [1.807, 2.05) is 0 Å². The first-order valence-electron chi connectivity index (χ1n) is 5.55. The summed E-state index contributed by atoms with van der Waals surface area (Å²) in [6.07, 6.45) is 0. The molecular weight excluding hydrogens is 257 g/mol. The van der Waals surface area contributed by atoms with Crippen molar-refractivity contribution in [1.82, 2.24) is 4.72 Å². The van der Waals surface area contributed by atoms with Gasteiger partial charge in [0.2, 0.25) is 10.0 Å². The second kappa shape index (κ2) is 5.34. The number of hydrogen-bond acceptors (Lipinski definition) is 3. The molecule has 2 N–H and O–H groups in total. The summed E-state index contributed by atoms with van der Waals surface area (Å²) in [6.45, 7) is 4.96. The lowest BCUT2D eigenvalue weighted by Crippen LogP contribution is -2.36. The lowest BCUT2D eigenvalue weighted by molar-refractivity contribution is 0.163. The van der Waals surface area contributed by atoms with Crippen LogP contribution in [0.25, 0.3) is 0 Å². The van der Waals surface area contributed by atoms with Gasteiger partial charge in [0.25, 0.3) is 0 Å². The molecule has 0 aromatic heterocycles. The van der Waals surface area contributed by atoms with Crippen molar-refractivity contribution in [1.29, 1.82) is 0 Å². The van der Waals surface area contributed by atoms with Gasteiger partial charge in [-0.25, -0.2) is 17.5 Å². The number of aryl methyl sites for hydroxylation is 1. The second-order valence-electron chi connectivity index (χ2n) is 5.06. The molecule has 0 radical (unpaired) electrons. The molecule has 0 atom stereocenters. The van der Waals surface area contributed by atoms with Gasteiger partial charge < -0.3 is 5.11 Å². The summed E-state index contributed by atoms with van der Waals surface area (Å²) < 4.78 is 39.5. The van der Waals surface area contributed by atoms with E-state index in [0.717, 1.165) is 6.07 Å². The molecule has 6 heteroatoms. The van der Waals surface area contributed by atoms with Crippen LogP contribution in [0.5, 0.6) is 0 Å². The zero-order chi connectivity index (χ0) is 14.0. The van der Waals surface area contributed by atoms with Crippen LogP contribution >= 0.6 is 0 Å². The number of aliphatic hydroxyl groups is 1. The van der Waals surface area contributed by atoms with Crippen LogP contribution in [0.4, 0.5) is 4.39 Å². The third kappa shape index (κ3) is 3.76. The highest BCUT2D eigenvalue weighted by atomic mass is 32.2. The quantitative estimate of drug-likeness (QED) is 0.854. The summed E-state index contributed by atoms with van der Waals surface area (Å²) in [6, 6.07) is 3.76. The Balaban J connectivity index is 2.90. The number of sulfonamides is 1. The molecular formula is C12H18FNO3S. The molecule has 0 fully saturated rings. The number of benzene rings is 1. The van der Waals surface area contributed by atoms with Crippen LogP contribution in [-0.2, 0) is 10.0 Å². The van der Waals surface area contributed by atoms with E-state index in [1.165, 1.54) is 12.1 Å². The van der Waals surface area contributed by atoms with Gasteiger partial charge in [-0.3, -0.25) is 0 Å². The molecule has 0 heterocycles. The Morgan fingerprint density at radius 1 is 1.39 bits per heavy atom. The standard InChI is InChI=1S/C12H18FNO3S/c1-9-4-5-10(6-11(9)13)18(16,17)14-7-12(2,3)8-15/h4-6,14-15H,7-8H2,1-3H3. The molecule has 1 aromatic carbocycles. The van der Waals surface area contributed by atoms with Gasteiger partial charge in [0.1, 0.15) is 5.82 Å². The minimum absolute atomic E-state index is 0.0847. The Morgan fingerprint density at radius 2 is 2.00 bits per heavy atom. The van der Waals surface area contributed by atoms with Crippen LogP contribution in [0, 0.1) is 18.2 Å². The molecule has 0 bridgehead atoms. The Kier molecular flexibility index (Phi) is 4.47. The topological polar surface area (TPSA) is 66.4 Å². The van der Waals surface area contributed by atoms with E-state index in [0.29, 0.717) is 5.56 Å². The number of rotatable bonds is 5. The van der Waals surface area contributed by atoms with Crippen LogP contribution in [0.15, 0.2) is 23.1 Å². The highest BCUT2D eigenvalue weighted by Gasteiger charge is 2.22. The Morgan fingerprint density at radius 3 is 2.50 bits per heavy atom. The lowest BCUT2D eigenvalue weighted by atomic mass is 9.96. The molecule has 0 amide bonds. The smallest absolute Gasteiger partial charge is 0.240 e. The van der Waals surface area contributed by atoms with Crippen LogP contribution in [0.3, 0.4) is 0 Å². The molecule has 1 rings (SSSR count). The molecule has 18 heavy (non-hydrogen) atoms. The number of hydrogen-bond donors (Lipinski definition) is 2. The molecule has 0 saturated carbocycles. The molecule has 0 aliphatic heterocycles. The van der Waals surface area contributed by atoms with Gasteiger partial charge in [0, 0.05) is 18.6 Å². The zero-order valence-electron chi connectivity index (χ0n) is 10.7. The largest absolute Gasteiger partial charge is 0.396 e. The van der Waals surface area contributed by atoms with Crippen molar-refractivity contribution in [2.45, 2.75) is 25.7 Å². The number of aliphatic hydroxyl groups excluding tert-OH is 1. The molecule has 0 spiro atoms. The maximum Gasteiger partial charge on any atom is 0.240 e. The first-order valence-corrected chi connectivity index (χ1v) is 7.03. The summed E-state index contributed by atoms with van der Waals surface area (Å²) >= 11 is 0. The van der Waals surface area contributed by atoms with Gasteiger partial charge in [0.15, 0.2) is 0 Å². The Bertz CT molecular complexity index is 526. The van der Waals surface area contributed by atoms with Crippen molar-refractivity contribution in [3.8, 4) is 0 Å². The molecule has 0 aliphatic rings. The van der Waals surface area contributed by atoms with Gasteiger partial charge in [-0.05, 0) is 24.6 Å². The van der Waals surface area contributed by atoms with E-state index in [1.54, 1.807) is 20.8 Å². The van der Waals surface area contributed by atoms with E-state index < -0.39 is 21.3 Å². The van der Waals surface area contributed by atoms with Crippen LogP contribution < -0.4 is 4.72 Å². The summed E-state index contributed by atoms with van der Waals surface area (Å²) in [5, 5.41) is 9.05. The van der Waals surface area contributed by atoms with Gasteiger partial charge in [-0.1, -0.05) is 19.9 Å². The molecule has 4 nitrogen and oxygen atoms in total. The first kappa shape index (κ1) is 15.1. The van der Waals surface area contributed by atoms with E-state index in [9.17, 15) is 12.8 Å². The Hall–Kier alpha value is -0.980. The third-order valence-electron chi connectivity index (χ3n) is 2.62. The number of nitrogens with one attached hydrogen (secondary N) is 1. The monoisotopic (exact) mass is 275 g/mol. The van der Waals surface area contributed by atoms with Crippen LogP contribution in [0.2, 0.25) is 0 Å². The van der Waals surface area contributed by atoms with E-state index >= 15 is 0 Å². The normalized spacial score (nSPS) is 12.7.